The van der Waals surface area contributed by atoms with Gasteiger partial charge in [-0.2, -0.15) is 0 Å². The van der Waals surface area contributed by atoms with Crippen LogP contribution >= 0.6 is 0 Å². The second-order valence-corrected chi connectivity index (χ2v) is 13.1. The van der Waals surface area contributed by atoms with Gasteiger partial charge in [-0.05, 0) is 74.4 Å². The third kappa shape index (κ3) is 4.19. The van der Waals surface area contributed by atoms with Crippen LogP contribution in [0.4, 0.5) is 0 Å². The van der Waals surface area contributed by atoms with Crippen molar-refractivity contribution < 1.29 is 8.97 Å². The van der Waals surface area contributed by atoms with Crippen LogP contribution in [-0.2, 0) is 18.6 Å². The molecular formula is C26H49N3+2. The highest BCUT2D eigenvalue weighted by molar-refractivity contribution is 5.18. The monoisotopic (exact) mass is 403 g/mol. The third-order valence-electron chi connectivity index (χ3n) is 8.33. The number of rotatable bonds is 4. The molecule has 0 N–H and O–H groups in total. The molecule has 166 valence electrons. The average Bonchev–Trinajstić information content (AvgIpc) is 3.26. The van der Waals surface area contributed by atoms with Crippen LogP contribution in [0.1, 0.15) is 99.4 Å². The average molecular weight is 404 g/mol. The summed E-state index contributed by atoms with van der Waals surface area (Å²) in [6.07, 6.45) is 5.52. The number of hydrogen-bond acceptors (Lipinski definition) is 0. The van der Waals surface area contributed by atoms with Crippen LogP contribution in [0.15, 0.2) is 12.1 Å². The first-order chi connectivity index (χ1) is 13.2. The summed E-state index contributed by atoms with van der Waals surface area (Å²) in [6, 6.07) is 4.94. The molecule has 2 saturated heterocycles. The topological polar surface area (TPSA) is 4.93 Å². The molecule has 3 heteroatoms. The molecule has 0 unspecified atom stereocenters. The molecular weight excluding hydrogens is 354 g/mol. The van der Waals surface area contributed by atoms with Gasteiger partial charge in [0.2, 0.25) is 0 Å². The quantitative estimate of drug-likeness (QED) is 0.538. The molecule has 3 rings (SSSR count). The maximum Gasteiger partial charge on any atom is 0.120 e. The van der Waals surface area contributed by atoms with Gasteiger partial charge in [-0.15, -0.1) is 0 Å². The summed E-state index contributed by atoms with van der Waals surface area (Å²) >= 11 is 0. The Hall–Kier alpha value is -0.800. The molecule has 1 aromatic rings. The van der Waals surface area contributed by atoms with E-state index in [4.69, 9.17) is 0 Å². The van der Waals surface area contributed by atoms with Crippen molar-refractivity contribution >= 4 is 0 Å². The Morgan fingerprint density at radius 3 is 1.17 bits per heavy atom. The fraction of sp³-hybridized carbons (Fsp3) is 0.846. The highest BCUT2D eigenvalue weighted by Crippen LogP contribution is 2.38. The first-order valence-corrected chi connectivity index (χ1v) is 12.1. The Kier molecular flexibility index (Phi) is 5.84. The van der Waals surface area contributed by atoms with Gasteiger partial charge >= 0.3 is 0 Å². The van der Waals surface area contributed by atoms with E-state index in [-0.39, 0.29) is 5.54 Å². The molecule has 29 heavy (non-hydrogen) atoms. The summed E-state index contributed by atoms with van der Waals surface area (Å²) in [5, 5.41) is 0. The Balaban J connectivity index is 2.00. The number of nitrogens with zero attached hydrogens (tertiary/aromatic N) is 3. The van der Waals surface area contributed by atoms with E-state index in [2.05, 4.69) is 79.0 Å². The Labute approximate surface area is 181 Å². The van der Waals surface area contributed by atoms with E-state index < -0.39 is 0 Å². The first-order valence-electron chi connectivity index (χ1n) is 12.1. The molecule has 0 radical (unpaired) electrons. The van der Waals surface area contributed by atoms with E-state index >= 15 is 0 Å². The third-order valence-corrected chi connectivity index (χ3v) is 8.33. The van der Waals surface area contributed by atoms with Gasteiger partial charge in [0, 0.05) is 31.2 Å². The number of hydrogen-bond donors (Lipinski definition) is 0. The predicted molar refractivity (Wildman–Crippen MR) is 125 cm³/mol. The van der Waals surface area contributed by atoms with E-state index in [0.29, 0.717) is 11.1 Å². The van der Waals surface area contributed by atoms with E-state index in [1.807, 2.05) is 0 Å². The second kappa shape index (κ2) is 7.41. The molecule has 2 fully saturated rings. The maximum atomic E-state index is 2.72. The van der Waals surface area contributed by atoms with E-state index in [0.717, 1.165) is 0 Å². The Bertz CT molecular complexity index is 640. The van der Waals surface area contributed by atoms with Gasteiger partial charge in [0.15, 0.2) is 0 Å². The lowest BCUT2D eigenvalue weighted by Gasteiger charge is -2.47. The summed E-state index contributed by atoms with van der Waals surface area (Å²) in [7, 11) is 0. The summed E-state index contributed by atoms with van der Waals surface area (Å²) < 4.78 is 5.21. The highest BCUT2D eigenvalue weighted by Gasteiger charge is 2.46. The van der Waals surface area contributed by atoms with Crippen LogP contribution in [0, 0.1) is 0 Å². The lowest BCUT2D eigenvalue weighted by molar-refractivity contribution is -0.973. The van der Waals surface area contributed by atoms with Gasteiger partial charge in [0.05, 0.1) is 48.6 Å². The van der Waals surface area contributed by atoms with Crippen molar-refractivity contribution in [3.8, 4) is 0 Å². The van der Waals surface area contributed by atoms with Gasteiger partial charge in [-0.25, -0.2) is 0 Å². The summed E-state index contributed by atoms with van der Waals surface area (Å²) in [4.78, 5) is 0. The minimum atomic E-state index is 0.122. The molecule has 2 aliphatic rings. The number of aromatic nitrogens is 1. The standard InChI is InChI=1S/C26H49N3/c1-24(2,3)27-22(20-28(25(4,5)6)16-10-11-17-28)14-15-23(27)21-29(26(7,8)9)18-12-13-19-29/h14-15H,10-13,16-21H2,1-9H3/q+2. The molecule has 0 aromatic carbocycles. The van der Waals surface area contributed by atoms with Crippen molar-refractivity contribution in [2.24, 2.45) is 0 Å². The van der Waals surface area contributed by atoms with Crippen LogP contribution in [-0.4, -0.2) is 50.8 Å². The summed E-state index contributed by atoms with van der Waals surface area (Å²) in [5.74, 6) is 0. The number of quaternary nitrogens is 2. The van der Waals surface area contributed by atoms with Crippen molar-refractivity contribution in [2.45, 2.75) is 118 Å². The minimum Gasteiger partial charge on any atom is -0.334 e. The smallest absolute Gasteiger partial charge is 0.120 e. The normalized spacial score (nSPS) is 22.4. The van der Waals surface area contributed by atoms with Crippen molar-refractivity contribution in [3.63, 3.8) is 0 Å². The van der Waals surface area contributed by atoms with Crippen LogP contribution in [0.5, 0.6) is 0 Å². The van der Waals surface area contributed by atoms with Crippen LogP contribution < -0.4 is 0 Å². The lowest BCUT2D eigenvalue weighted by atomic mass is 10.0. The first kappa shape index (κ1) is 22.9. The molecule has 0 aliphatic carbocycles. The van der Waals surface area contributed by atoms with Crippen molar-refractivity contribution in [1.29, 1.82) is 0 Å². The van der Waals surface area contributed by atoms with Gasteiger partial charge in [-0.3, -0.25) is 0 Å². The molecule has 3 heterocycles. The molecule has 2 aliphatic heterocycles. The predicted octanol–water partition coefficient (Wildman–Crippen LogP) is 6.06. The second-order valence-electron chi connectivity index (χ2n) is 13.1. The molecule has 0 bridgehead atoms. The van der Waals surface area contributed by atoms with Crippen molar-refractivity contribution in [3.05, 3.63) is 23.5 Å². The minimum absolute atomic E-state index is 0.122. The zero-order valence-electron chi connectivity index (χ0n) is 21.1. The maximum absolute atomic E-state index is 2.72. The Morgan fingerprint density at radius 2 is 0.931 bits per heavy atom. The lowest BCUT2D eigenvalue weighted by Crippen LogP contribution is -2.58. The van der Waals surface area contributed by atoms with E-state index in [1.54, 1.807) is 11.4 Å². The largest absolute Gasteiger partial charge is 0.334 e. The van der Waals surface area contributed by atoms with Crippen molar-refractivity contribution in [2.75, 3.05) is 26.2 Å². The SMILES string of the molecule is CC(C)(C)n1c(C[N+]2(C(C)(C)C)CCCC2)ccc1C[N+]1(C(C)(C)C)CCCC1. The van der Waals surface area contributed by atoms with Crippen molar-refractivity contribution in [1.82, 2.24) is 4.57 Å². The fourth-order valence-corrected chi connectivity index (χ4v) is 6.27. The molecule has 0 atom stereocenters. The zero-order valence-corrected chi connectivity index (χ0v) is 21.1. The Morgan fingerprint density at radius 1 is 0.621 bits per heavy atom. The summed E-state index contributed by atoms with van der Waals surface area (Å²) in [6.45, 7) is 29.6. The number of likely N-dealkylation sites (tertiary alicyclic amines) is 2. The van der Waals surface area contributed by atoms with Crippen LogP contribution in [0.3, 0.4) is 0 Å². The fourth-order valence-electron chi connectivity index (χ4n) is 6.27. The highest BCUT2D eigenvalue weighted by atomic mass is 15.4. The molecule has 3 nitrogen and oxygen atoms in total. The molecule has 0 saturated carbocycles. The molecule has 1 aromatic heterocycles. The van der Waals surface area contributed by atoms with E-state index in [1.165, 1.54) is 73.9 Å². The van der Waals surface area contributed by atoms with E-state index in [9.17, 15) is 0 Å². The van der Waals surface area contributed by atoms with Crippen LogP contribution in [0.2, 0.25) is 0 Å². The molecule has 0 amide bonds. The molecule has 0 spiro atoms. The van der Waals surface area contributed by atoms with Gasteiger partial charge in [0.25, 0.3) is 0 Å². The summed E-state index contributed by atoms with van der Waals surface area (Å²) in [5.41, 5.74) is 3.83. The van der Waals surface area contributed by atoms with Crippen LogP contribution in [0.25, 0.3) is 0 Å². The van der Waals surface area contributed by atoms with Gasteiger partial charge in [0.1, 0.15) is 13.1 Å². The zero-order chi connectivity index (χ0) is 21.7. The van der Waals surface area contributed by atoms with Gasteiger partial charge < -0.3 is 13.5 Å². The van der Waals surface area contributed by atoms with Gasteiger partial charge in [-0.1, -0.05) is 0 Å².